The maximum Gasteiger partial charge on any atom is 0.129 e. The summed E-state index contributed by atoms with van der Waals surface area (Å²) in [7, 11) is 4.01. The highest BCUT2D eigenvalue weighted by Crippen LogP contribution is 2.21. The maximum atomic E-state index is 6.24. The van der Waals surface area contributed by atoms with Gasteiger partial charge in [-0.1, -0.05) is 36.7 Å². The molecule has 4 heteroatoms. The minimum atomic E-state index is 0.749. The van der Waals surface area contributed by atoms with E-state index in [9.17, 15) is 0 Å². The highest BCUT2D eigenvalue weighted by Gasteiger charge is 2.09. The van der Waals surface area contributed by atoms with Gasteiger partial charge in [0.05, 0.1) is 0 Å². The minimum absolute atomic E-state index is 0.749. The quantitative estimate of drug-likeness (QED) is 0.883. The first kappa shape index (κ1) is 15.8. The standard InChI is InChI=1S/C17H22ClN3/c1-4-15-9-13(11-19-2)10-17(20-15)21(3)12-14-7-5-6-8-16(14)18/h5-10,19H,4,11-12H2,1-3H3. The van der Waals surface area contributed by atoms with E-state index < -0.39 is 0 Å². The average molecular weight is 304 g/mol. The third kappa shape index (κ3) is 4.19. The molecule has 21 heavy (non-hydrogen) atoms. The molecule has 0 aliphatic carbocycles. The van der Waals surface area contributed by atoms with Gasteiger partial charge in [0, 0.05) is 30.9 Å². The van der Waals surface area contributed by atoms with E-state index in [2.05, 4.69) is 35.3 Å². The molecule has 1 aromatic heterocycles. The molecule has 0 spiro atoms. The maximum absolute atomic E-state index is 6.24. The first-order valence-electron chi connectivity index (χ1n) is 7.23. The van der Waals surface area contributed by atoms with Crippen LogP contribution in [0.1, 0.15) is 23.7 Å². The average Bonchev–Trinajstić information content (AvgIpc) is 2.49. The third-order valence-electron chi connectivity index (χ3n) is 3.42. The molecule has 2 rings (SSSR count). The summed E-state index contributed by atoms with van der Waals surface area (Å²) in [5.74, 6) is 0.986. The zero-order valence-corrected chi connectivity index (χ0v) is 13.6. The van der Waals surface area contributed by atoms with Gasteiger partial charge in [0.1, 0.15) is 5.82 Å². The van der Waals surface area contributed by atoms with Gasteiger partial charge in [-0.2, -0.15) is 0 Å². The van der Waals surface area contributed by atoms with Crippen molar-refractivity contribution in [2.75, 3.05) is 19.0 Å². The van der Waals surface area contributed by atoms with Crippen molar-refractivity contribution in [1.82, 2.24) is 10.3 Å². The number of rotatable bonds is 6. The molecule has 0 atom stereocenters. The molecule has 3 nitrogen and oxygen atoms in total. The Hall–Kier alpha value is -1.58. The van der Waals surface area contributed by atoms with Gasteiger partial charge in [-0.25, -0.2) is 4.98 Å². The van der Waals surface area contributed by atoms with E-state index >= 15 is 0 Å². The Morgan fingerprint density at radius 2 is 2.00 bits per heavy atom. The number of benzene rings is 1. The second-order valence-electron chi connectivity index (χ2n) is 5.16. The lowest BCUT2D eigenvalue weighted by Gasteiger charge is -2.20. The van der Waals surface area contributed by atoms with Crippen molar-refractivity contribution < 1.29 is 0 Å². The number of nitrogens with one attached hydrogen (secondary N) is 1. The van der Waals surface area contributed by atoms with Crippen LogP contribution >= 0.6 is 11.6 Å². The second kappa shape index (κ2) is 7.43. The molecule has 1 heterocycles. The van der Waals surface area contributed by atoms with Crippen LogP contribution in [0.3, 0.4) is 0 Å². The fraction of sp³-hybridized carbons (Fsp3) is 0.353. The Balaban J connectivity index is 2.23. The topological polar surface area (TPSA) is 28.2 Å². The molecule has 0 unspecified atom stereocenters. The normalized spacial score (nSPS) is 10.7. The van der Waals surface area contributed by atoms with Crippen molar-refractivity contribution in [3.63, 3.8) is 0 Å². The van der Waals surface area contributed by atoms with Crippen molar-refractivity contribution in [3.8, 4) is 0 Å². The summed E-state index contributed by atoms with van der Waals surface area (Å²) in [5, 5.41) is 3.99. The van der Waals surface area contributed by atoms with E-state index in [4.69, 9.17) is 16.6 Å². The summed E-state index contributed by atoms with van der Waals surface area (Å²) < 4.78 is 0. The summed E-state index contributed by atoms with van der Waals surface area (Å²) >= 11 is 6.24. The lowest BCUT2D eigenvalue weighted by molar-refractivity contribution is 0.805. The van der Waals surface area contributed by atoms with Crippen molar-refractivity contribution in [3.05, 3.63) is 58.2 Å². The molecule has 1 aromatic carbocycles. The van der Waals surface area contributed by atoms with Crippen LogP contribution in [-0.2, 0) is 19.5 Å². The molecule has 0 amide bonds. The SMILES string of the molecule is CCc1cc(CNC)cc(N(C)Cc2ccccc2Cl)n1. The molecular weight excluding hydrogens is 282 g/mol. The Labute approximate surface area is 132 Å². The van der Waals surface area contributed by atoms with Gasteiger partial charge in [-0.3, -0.25) is 0 Å². The molecule has 0 aliphatic heterocycles. The van der Waals surface area contributed by atoms with E-state index in [1.165, 1.54) is 5.56 Å². The molecule has 0 bridgehead atoms. The van der Waals surface area contributed by atoms with Crippen LogP contribution in [0.15, 0.2) is 36.4 Å². The van der Waals surface area contributed by atoms with Crippen molar-refractivity contribution in [2.45, 2.75) is 26.4 Å². The van der Waals surface area contributed by atoms with Gasteiger partial charge in [-0.15, -0.1) is 0 Å². The Morgan fingerprint density at radius 3 is 2.67 bits per heavy atom. The Morgan fingerprint density at radius 1 is 1.24 bits per heavy atom. The van der Waals surface area contributed by atoms with Gasteiger partial charge in [0.15, 0.2) is 0 Å². The van der Waals surface area contributed by atoms with Crippen LogP contribution in [-0.4, -0.2) is 19.1 Å². The van der Waals surface area contributed by atoms with Gasteiger partial charge in [0.2, 0.25) is 0 Å². The zero-order valence-electron chi connectivity index (χ0n) is 12.9. The molecule has 112 valence electrons. The van der Waals surface area contributed by atoms with Crippen molar-refractivity contribution in [2.24, 2.45) is 0 Å². The summed E-state index contributed by atoms with van der Waals surface area (Å²) in [6.07, 6.45) is 0.935. The van der Waals surface area contributed by atoms with E-state index in [1.54, 1.807) is 0 Å². The largest absolute Gasteiger partial charge is 0.355 e. The number of anilines is 1. The van der Waals surface area contributed by atoms with E-state index in [1.807, 2.05) is 32.3 Å². The predicted molar refractivity (Wildman–Crippen MR) is 89.9 cm³/mol. The summed E-state index contributed by atoms with van der Waals surface area (Å²) in [6.45, 7) is 3.73. The Bertz CT molecular complexity index is 598. The molecule has 0 fully saturated rings. The number of halogens is 1. The molecule has 0 saturated heterocycles. The van der Waals surface area contributed by atoms with Crippen LogP contribution in [0.5, 0.6) is 0 Å². The first-order chi connectivity index (χ1) is 10.1. The van der Waals surface area contributed by atoms with Gasteiger partial charge < -0.3 is 10.2 Å². The monoisotopic (exact) mass is 303 g/mol. The summed E-state index contributed by atoms with van der Waals surface area (Å²) in [5.41, 5.74) is 3.48. The zero-order chi connectivity index (χ0) is 15.2. The van der Waals surface area contributed by atoms with Crippen LogP contribution in [0, 0.1) is 0 Å². The third-order valence-corrected chi connectivity index (χ3v) is 3.79. The van der Waals surface area contributed by atoms with E-state index in [-0.39, 0.29) is 0 Å². The fourth-order valence-electron chi connectivity index (χ4n) is 2.28. The molecule has 1 N–H and O–H groups in total. The molecular formula is C17H22ClN3. The number of hydrogen-bond donors (Lipinski definition) is 1. The molecule has 0 radical (unpaired) electrons. The smallest absolute Gasteiger partial charge is 0.129 e. The lowest BCUT2D eigenvalue weighted by atomic mass is 10.1. The highest BCUT2D eigenvalue weighted by molar-refractivity contribution is 6.31. The first-order valence-corrected chi connectivity index (χ1v) is 7.60. The van der Waals surface area contributed by atoms with Crippen molar-refractivity contribution in [1.29, 1.82) is 0 Å². The lowest BCUT2D eigenvalue weighted by Crippen LogP contribution is -2.19. The van der Waals surface area contributed by atoms with Crippen molar-refractivity contribution >= 4 is 17.4 Å². The second-order valence-corrected chi connectivity index (χ2v) is 5.56. The fourth-order valence-corrected chi connectivity index (χ4v) is 2.47. The van der Waals surface area contributed by atoms with Gasteiger partial charge >= 0.3 is 0 Å². The van der Waals surface area contributed by atoms with E-state index in [0.717, 1.165) is 41.6 Å². The number of nitrogens with zero attached hydrogens (tertiary/aromatic N) is 2. The van der Waals surface area contributed by atoms with Gasteiger partial charge in [0.25, 0.3) is 0 Å². The van der Waals surface area contributed by atoms with Crippen LogP contribution in [0.25, 0.3) is 0 Å². The number of hydrogen-bond acceptors (Lipinski definition) is 3. The number of aryl methyl sites for hydroxylation is 1. The number of aromatic nitrogens is 1. The molecule has 2 aromatic rings. The van der Waals surface area contributed by atoms with Crippen LogP contribution in [0.2, 0.25) is 5.02 Å². The summed E-state index contributed by atoms with van der Waals surface area (Å²) in [4.78, 5) is 6.85. The van der Waals surface area contributed by atoms with E-state index in [0.29, 0.717) is 0 Å². The van der Waals surface area contributed by atoms with Gasteiger partial charge in [-0.05, 0) is 42.8 Å². The highest BCUT2D eigenvalue weighted by atomic mass is 35.5. The minimum Gasteiger partial charge on any atom is -0.355 e. The van der Waals surface area contributed by atoms with Crippen LogP contribution in [0.4, 0.5) is 5.82 Å². The number of pyridine rings is 1. The Kier molecular flexibility index (Phi) is 5.59. The predicted octanol–water partition coefficient (Wildman–Crippen LogP) is 3.65. The molecule has 0 saturated carbocycles. The van der Waals surface area contributed by atoms with Crippen LogP contribution < -0.4 is 10.2 Å². The molecule has 0 aliphatic rings. The summed E-state index contributed by atoms with van der Waals surface area (Å²) in [6, 6.07) is 12.2.